The minimum absolute atomic E-state index is 0. The summed E-state index contributed by atoms with van der Waals surface area (Å²) in [4.78, 5) is 27.7. The highest BCUT2D eigenvalue weighted by Crippen LogP contribution is 2.39. The van der Waals surface area contributed by atoms with E-state index in [0.29, 0.717) is 11.5 Å². The van der Waals surface area contributed by atoms with Crippen molar-refractivity contribution in [3.63, 3.8) is 0 Å². The molecule has 4 rings (SSSR count). The maximum absolute atomic E-state index is 13.6. The normalized spacial score (nSPS) is 17.3. The first-order valence-electron chi connectivity index (χ1n) is 12.9. The van der Waals surface area contributed by atoms with Crippen LogP contribution < -0.4 is 10.6 Å². The van der Waals surface area contributed by atoms with Crippen molar-refractivity contribution in [1.29, 1.82) is 0 Å². The molecule has 0 radical (unpaired) electrons. The molecule has 2 aromatic carbocycles. The highest BCUT2D eigenvalue weighted by Gasteiger charge is 2.35. The topological polar surface area (TPSA) is 116 Å². The van der Waals surface area contributed by atoms with E-state index in [0.717, 1.165) is 43.4 Å². The minimum atomic E-state index is -4.55. The average molecular weight is 639 g/mol. The van der Waals surface area contributed by atoms with E-state index in [2.05, 4.69) is 68.0 Å². The summed E-state index contributed by atoms with van der Waals surface area (Å²) in [6, 6.07) is 9.51. The van der Waals surface area contributed by atoms with Crippen molar-refractivity contribution in [2.24, 2.45) is 11.3 Å². The summed E-state index contributed by atoms with van der Waals surface area (Å²) in [5.74, 6) is 0.146. The minimum Gasteiger partial charge on any atom is -0.317 e. The van der Waals surface area contributed by atoms with Gasteiger partial charge < -0.3 is 10.2 Å². The number of halogens is 4. The van der Waals surface area contributed by atoms with Crippen LogP contribution in [0, 0.1) is 11.3 Å². The molecule has 3 N–H and O–H groups in total. The monoisotopic (exact) mass is 637 g/mol. The molecule has 13 heteroatoms. The highest BCUT2D eigenvalue weighted by molar-refractivity contribution is 9.10. The summed E-state index contributed by atoms with van der Waals surface area (Å²) in [5, 5.41) is 18.2. The van der Waals surface area contributed by atoms with E-state index < -0.39 is 23.7 Å². The first-order valence-corrected chi connectivity index (χ1v) is 13.7. The van der Waals surface area contributed by atoms with E-state index >= 15 is 0 Å². The summed E-state index contributed by atoms with van der Waals surface area (Å²) in [5.41, 5.74) is 0.483. The number of aromatic amines is 1. The summed E-state index contributed by atoms with van der Waals surface area (Å²) >= 11 is 3.11. The fourth-order valence-corrected chi connectivity index (χ4v) is 5.48. The van der Waals surface area contributed by atoms with E-state index in [9.17, 15) is 22.8 Å². The Bertz CT molecular complexity index is 1320. The van der Waals surface area contributed by atoms with E-state index in [4.69, 9.17) is 0 Å². The lowest BCUT2D eigenvalue weighted by atomic mass is 9.71. The number of alkyl halides is 3. The van der Waals surface area contributed by atoms with Gasteiger partial charge in [0.15, 0.2) is 0 Å². The fourth-order valence-electron chi connectivity index (χ4n) is 4.99. The van der Waals surface area contributed by atoms with Crippen molar-refractivity contribution < 1.29 is 22.8 Å². The number of anilines is 2. The Kier molecular flexibility index (Phi) is 10.2. The summed E-state index contributed by atoms with van der Waals surface area (Å²) in [6.45, 7) is 6.86. The standard InChI is InChI=1S/C27H31BrF3N7O2.CH4/c1-26(2,3)18-8-10-22(11-9-18)38(25(40)32-21-13-19(27(29,30)31)12-20(28)14-21)15-16-4-6-17(7-5-16)23(39)33-24-34-36-37-35-24;/h4-7,12-14,18,22H,8-11,15H2,1-3H3,(H,32,40)(H2,33,34,35,36,37,39);1H4. The molecule has 0 unspecified atom stereocenters. The van der Waals surface area contributed by atoms with Gasteiger partial charge in [0.25, 0.3) is 11.9 Å². The van der Waals surface area contributed by atoms with Crippen LogP contribution in [0.5, 0.6) is 0 Å². The van der Waals surface area contributed by atoms with Crippen LogP contribution in [0.25, 0.3) is 0 Å². The van der Waals surface area contributed by atoms with Crippen molar-refractivity contribution in [1.82, 2.24) is 25.5 Å². The smallest absolute Gasteiger partial charge is 0.317 e. The lowest BCUT2D eigenvalue weighted by Crippen LogP contribution is -2.45. The molecule has 222 valence electrons. The number of H-pyrrole nitrogens is 1. The van der Waals surface area contributed by atoms with Gasteiger partial charge in [-0.15, -0.1) is 5.10 Å². The van der Waals surface area contributed by atoms with Crippen molar-refractivity contribution in [3.8, 4) is 0 Å². The predicted molar refractivity (Wildman–Crippen MR) is 154 cm³/mol. The number of tetrazole rings is 1. The molecule has 1 aliphatic carbocycles. The number of amides is 3. The highest BCUT2D eigenvalue weighted by atomic mass is 79.9. The van der Waals surface area contributed by atoms with Crippen LogP contribution in [0.2, 0.25) is 0 Å². The van der Waals surface area contributed by atoms with Crippen LogP contribution in [-0.2, 0) is 12.7 Å². The molecule has 1 fully saturated rings. The molecule has 0 bridgehead atoms. The van der Waals surface area contributed by atoms with Gasteiger partial charge in [-0.2, -0.15) is 18.4 Å². The van der Waals surface area contributed by atoms with Crippen molar-refractivity contribution in [2.75, 3.05) is 10.6 Å². The van der Waals surface area contributed by atoms with Crippen LogP contribution in [-0.4, -0.2) is 43.5 Å². The zero-order chi connectivity index (χ0) is 29.1. The van der Waals surface area contributed by atoms with Gasteiger partial charge >= 0.3 is 12.2 Å². The van der Waals surface area contributed by atoms with Crippen LogP contribution in [0.4, 0.5) is 29.6 Å². The van der Waals surface area contributed by atoms with Gasteiger partial charge in [0, 0.05) is 28.3 Å². The molecule has 1 aromatic heterocycles. The second kappa shape index (κ2) is 13.0. The zero-order valence-electron chi connectivity index (χ0n) is 22.3. The largest absolute Gasteiger partial charge is 0.416 e. The first kappa shape index (κ1) is 32.0. The van der Waals surface area contributed by atoms with Crippen molar-refractivity contribution in [2.45, 2.75) is 72.6 Å². The van der Waals surface area contributed by atoms with E-state index in [1.54, 1.807) is 29.2 Å². The number of nitrogens with one attached hydrogen (secondary N) is 3. The Hall–Kier alpha value is -3.48. The molecular formula is C28H35BrF3N7O2. The zero-order valence-corrected chi connectivity index (χ0v) is 23.9. The number of aromatic nitrogens is 4. The molecule has 3 aromatic rings. The molecule has 0 saturated heterocycles. The van der Waals surface area contributed by atoms with Gasteiger partial charge in [-0.3, -0.25) is 10.1 Å². The van der Waals surface area contributed by atoms with Gasteiger partial charge in [0.2, 0.25) is 0 Å². The molecule has 41 heavy (non-hydrogen) atoms. The Morgan fingerprint density at radius 2 is 1.68 bits per heavy atom. The molecule has 1 aliphatic rings. The number of benzene rings is 2. The van der Waals surface area contributed by atoms with Crippen LogP contribution in [0.3, 0.4) is 0 Å². The van der Waals surface area contributed by atoms with E-state index in [1.165, 1.54) is 6.07 Å². The SMILES string of the molecule is C.CC(C)(C)C1CCC(N(Cc2ccc(C(=O)Nc3nn[nH]n3)cc2)C(=O)Nc2cc(Br)cc(C(F)(F)F)c2)CC1. The van der Waals surface area contributed by atoms with Gasteiger partial charge in [-0.1, -0.05) is 61.4 Å². The first-order chi connectivity index (χ1) is 18.8. The Labute approximate surface area is 245 Å². The van der Waals surface area contributed by atoms with Gasteiger partial charge in [0.05, 0.1) is 5.56 Å². The molecule has 1 saturated carbocycles. The number of rotatable bonds is 6. The third-order valence-corrected chi connectivity index (χ3v) is 7.70. The Morgan fingerprint density at radius 3 is 2.24 bits per heavy atom. The molecule has 0 atom stereocenters. The van der Waals surface area contributed by atoms with Crippen LogP contribution in [0.15, 0.2) is 46.9 Å². The maximum Gasteiger partial charge on any atom is 0.416 e. The average Bonchev–Trinajstić information content (AvgIpc) is 3.39. The quantitative estimate of drug-likeness (QED) is 0.259. The third kappa shape index (κ3) is 8.51. The second-order valence-electron chi connectivity index (χ2n) is 11.0. The molecular weight excluding hydrogens is 603 g/mol. The second-order valence-corrected chi connectivity index (χ2v) is 12.0. The number of carbonyl (C=O) groups is 2. The van der Waals surface area contributed by atoms with Crippen molar-refractivity contribution in [3.05, 3.63) is 63.6 Å². The molecule has 3 amide bonds. The summed E-state index contributed by atoms with van der Waals surface area (Å²) in [7, 11) is 0. The maximum atomic E-state index is 13.6. The molecule has 1 heterocycles. The van der Waals surface area contributed by atoms with Gasteiger partial charge in [-0.05, 0) is 78.1 Å². The van der Waals surface area contributed by atoms with E-state index in [1.807, 2.05) is 0 Å². The summed E-state index contributed by atoms with van der Waals surface area (Å²) in [6.07, 6.45) is -1.09. The number of urea groups is 1. The number of nitrogens with zero attached hydrogens (tertiary/aromatic N) is 4. The van der Waals surface area contributed by atoms with Crippen LogP contribution >= 0.6 is 15.9 Å². The number of carbonyl (C=O) groups excluding carboxylic acids is 2. The lowest BCUT2D eigenvalue weighted by molar-refractivity contribution is -0.137. The molecule has 0 aliphatic heterocycles. The van der Waals surface area contributed by atoms with Gasteiger partial charge in [0.1, 0.15) is 0 Å². The Morgan fingerprint density at radius 1 is 1.02 bits per heavy atom. The van der Waals surface area contributed by atoms with E-state index in [-0.39, 0.29) is 41.5 Å². The lowest BCUT2D eigenvalue weighted by Gasteiger charge is -2.41. The number of hydrogen-bond acceptors (Lipinski definition) is 5. The third-order valence-electron chi connectivity index (χ3n) is 7.24. The Balaban J connectivity index is 0.00000462. The molecule has 9 nitrogen and oxygen atoms in total. The summed E-state index contributed by atoms with van der Waals surface area (Å²) < 4.78 is 40.3. The predicted octanol–water partition coefficient (Wildman–Crippen LogP) is 7.51. The van der Waals surface area contributed by atoms with Crippen molar-refractivity contribution >= 4 is 39.5 Å². The number of hydrogen-bond donors (Lipinski definition) is 3. The van der Waals surface area contributed by atoms with Gasteiger partial charge in [-0.25, -0.2) is 4.79 Å². The molecule has 0 spiro atoms. The fraction of sp³-hybridized carbons (Fsp3) is 0.464. The van der Waals surface area contributed by atoms with Crippen LogP contribution in [0.1, 0.15) is 75.4 Å².